The van der Waals surface area contributed by atoms with Gasteiger partial charge in [-0.3, -0.25) is 0 Å². The lowest BCUT2D eigenvalue weighted by atomic mass is 9.93. The molecule has 2 aromatic heterocycles. The Labute approximate surface area is 219 Å². The first-order chi connectivity index (χ1) is 18.3. The zero-order valence-electron chi connectivity index (χ0n) is 21.2. The predicted octanol–water partition coefficient (Wildman–Crippen LogP) is 7.29. The molecule has 0 aliphatic heterocycles. The van der Waals surface area contributed by atoms with Crippen molar-refractivity contribution in [2.24, 2.45) is 0 Å². The van der Waals surface area contributed by atoms with Crippen LogP contribution in [-0.4, -0.2) is 28.2 Å². The van der Waals surface area contributed by atoms with Gasteiger partial charge in [0.15, 0.2) is 0 Å². The van der Waals surface area contributed by atoms with Gasteiger partial charge >= 0.3 is 5.97 Å². The number of nitrogens with one attached hydrogen (secondary N) is 1. The maximum atomic E-state index is 13.8. The molecule has 5 rings (SSSR count). The second kappa shape index (κ2) is 10.3. The number of fused-ring (bicyclic) bond motifs is 1. The van der Waals surface area contributed by atoms with E-state index in [-0.39, 0.29) is 17.4 Å². The summed E-state index contributed by atoms with van der Waals surface area (Å²) in [7, 11) is 1.56. The first kappa shape index (κ1) is 24.9. The number of hydrogen-bond donors (Lipinski definition) is 2. The van der Waals surface area contributed by atoms with Gasteiger partial charge in [0.1, 0.15) is 5.82 Å². The number of aromatic carboxylic acids is 1. The van der Waals surface area contributed by atoms with Crippen molar-refractivity contribution in [1.29, 1.82) is 0 Å². The summed E-state index contributed by atoms with van der Waals surface area (Å²) in [6, 6.07) is 22.8. The number of ether oxygens (including phenoxy) is 1. The minimum Gasteiger partial charge on any atom is -0.481 e. The van der Waals surface area contributed by atoms with Gasteiger partial charge in [-0.25, -0.2) is 19.2 Å². The van der Waals surface area contributed by atoms with Gasteiger partial charge in [-0.1, -0.05) is 30.3 Å². The van der Waals surface area contributed by atoms with Crippen molar-refractivity contribution in [3.8, 4) is 28.3 Å². The minimum absolute atomic E-state index is 0.204. The van der Waals surface area contributed by atoms with E-state index in [1.54, 1.807) is 49.7 Å². The Kier molecular flexibility index (Phi) is 6.75. The highest BCUT2D eigenvalue weighted by Gasteiger charge is 2.19. The third-order valence-electron chi connectivity index (χ3n) is 6.48. The molecule has 3 aromatic carbocycles. The van der Waals surface area contributed by atoms with Crippen molar-refractivity contribution in [2.45, 2.75) is 19.9 Å². The van der Waals surface area contributed by atoms with Crippen LogP contribution in [0.5, 0.6) is 5.88 Å². The summed E-state index contributed by atoms with van der Waals surface area (Å²) in [6.07, 6.45) is 1.67. The smallest absolute Gasteiger partial charge is 0.337 e. The second-order valence-corrected chi connectivity index (χ2v) is 9.12. The molecule has 0 spiro atoms. The number of carboxylic acids is 1. The summed E-state index contributed by atoms with van der Waals surface area (Å²) < 4.78 is 19.1. The van der Waals surface area contributed by atoms with Crippen LogP contribution < -0.4 is 10.1 Å². The fourth-order valence-electron chi connectivity index (χ4n) is 4.65. The molecule has 38 heavy (non-hydrogen) atoms. The first-order valence-electron chi connectivity index (χ1n) is 12.1. The van der Waals surface area contributed by atoms with Gasteiger partial charge in [0.05, 0.1) is 23.9 Å². The third kappa shape index (κ3) is 4.91. The van der Waals surface area contributed by atoms with Crippen LogP contribution in [-0.2, 0) is 0 Å². The molecule has 0 aliphatic carbocycles. The van der Waals surface area contributed by atoms with Crippen LogP contribution in [0.15, 0.2) is 85.1 Å². The molecule has 0 bridgehead atoms. The van der Waals surface area contributed by atoms with Crippen molar-refractivity contribution in [3.63, 3.8) is 0 Å². The Morgan fingerprint density at radius 1 is 1.00 bits per heavy atom. The standard InChI is InChI=1S/C31H26FN3O3/c1-18-14-24(19(2)34-27-7-5-4-6-23(27)31(36)37)26-17-25(20-8-10-22(32)11-9-20)30(35-28(26)15-18)21-12-13-33-29(16-21)38-3/h4-17,19,34H,1-3H3,(H,36,37). The number of aryl methyl sites for hydroxylation is 1. The molecule has 0 aliphatic rings. The number of hydrogen-bond acceptors (Lipinski definition) is 5. The van der Waals surface area contributed by atoms with E-state index >= 15 is 0 Å². The molecule has 0 saturated heterocycles. The molecule has 0 radical (unpaired) electrons. The van der Waals surface area contributed by atoms with Crippen LogP contribution in [0.3, 0.4) is 0 Å². The lowest BCUT2D eigenvalue weighted by Crippen LogP contribution is -2.11. The molecule has 2 heterocycles. The highest BCUT2D eigenvalue weighted by molar-refractivity contribution is 5.96. The van der Waals surface area contributed by atoms with Gasteiger partial charge in [0.2, 0.25) is 5.88 Å². The summed E-state index contributed by atoms with van der Waals surface area (Å²) in [5, 5.41) is 13.9. The zero-order chi connectivity index (χ0) is 26.8. The molecule has 0 amide bonds. The highest BCUT2D eigenvalue weighted by atomic mass is 19.1. The predicted molar refractivity (Wildman–Crippen MR) is 147 cm³/mol. The molecule has 2 N–H and O–H groups in total. The van der Waals surface area contributed by atoms with E-state index in [4.69, 9.17) is 9.72 Å². The minimum atomic E-state index is -0.993. The number of benzene rings is 3. The lowest BCUT2D eigenvalue weighted by Gasteiger charge is -2.21. The maximum absolute atomic E-state index is 13.8. The average Bonchev–Trinajstić information content (AvgIpc) is 2.92. The van der Waals surface area contributed by atoms with Crippen molar-refractivity contribution in [3.05, 3.63) is 108 Å². The second-order valence-electron chi connectivity index (χ2n) is 9.12. The van der Waals surface area contributed by atoms with E-state index in [9.17, 15) is 14.3 Å². The number of aromatic nitrogens is 2. The van der Waals surface area contributed by atoms with E-state index < -0.39 is 5.97 Å². The summed E-state index contributed by atoms with van der Waals surface area (Å²) in [5.41, 5.74) is 6.70. The fraction of sp³-hybridized carbons (Fsp3) is 0.129. The van der Waals surface area contributed by atoms with Gasteiger partial charge in [0, 0.05) is 40.5 Å². The Morgan fingerprint density at radius 2 is 1.76 bits per heavy atom. The van der Waals surface area contributed by atoms with E-state index in [0.717, 1.165) is 44.4 Å². The van der Waals surface area contributed by atoms with E-state index in [2.05, 4.69) is 22.4 Å². The highest BCUT2D eigenvalue weighted by Crippen LogP contribution is 2.37. The van der Waals surface area contributed by atoms with Gasteiger partial charge in [-0.15, -0.1) is 0 Å². The van der Waals surface area contributed by atoms with Crippen molar-refractivity contribution < 1.29 is 19.0 Å². The van der Waals surface area contributed by atoms with Crippen LogP contribution in [0.2, 0.25) is 0 Å². The number of methoxy groups -OCH3 is 1. The number of para-hydroxylation sites is 1. The summed E-state index contributed by atoms with van der Waals surface area (Å²) in [5.74, 6) is -0.845. The Bertz CT molecular complexity index is 1650. The van der Waals surface area contributed by atoms with Gasteiger partial charge in [-0.2, -0.15) is 0 Å². The van der Waals surface area contributed by atoms with Crippen LogP contribution in [0.1, 0.15) is 34.5 Å². The number of rotatable bonds is 7. The zero-order valence-corrected chi connectivity index (χ0v) is 21.2. The van der Waals surface area contributed by atoms with E-state index in [1.165, 1.54) is 12.1 Å². The Balaban J connectivity index is 1.71. The van der Waals surface area contributed by atoms with Crippen molar-refractivity contribution in [1.82, 2.24) is 9.97 Å². The quantitative estimate of drug-likeness (QED) is 0.241. The van der Waals surface area contributed by atoms with Crippen LogP contribution in [0, 0.1) is 12.7 Å². The molecule has 7 heteroatoms. The molecule has 0 saturated carbocycles. The van der Waals surface area contributed by atoms with Gasteiger partial charge in [0.25, 0.3) is 0 Å². The van der Waals surface area contributed by atoms with Gasteiger partial charge in [-0.05, 0) is 73.0 Å². The molecule has 1 unspecified atom stereocenters. The number of carbonyl (C=O) groups is 1. The topological polar surface area (TPSA) is 84.3 Å². The number of pyridine rings is 2. The van der Waals surface area contributed by atoms with Gasteiger partial charge < -0.3 is 15.2 Å². The number of halogens is 1. The number of anilines is 1. The molecule has 1 atom stereocenters. The first-order valence-corrected chi connectivity index (χ1v) is 12.1. The third-order valence-corrected chi connectivity index (χ3v) is 6.48. The maximum Gasteiger partial charge on any atom is 0.337 e. The molecule has 190 valence electrons. The van der Waals surface area contributed by atoms with Crippen LogP contribution in [0.25, 0.3) is 33.3 Å². The fourth-order valence-corrected chi connectivity index (χ4v) is 4.65. The lowest BCUT2D eigenvalue weighted by molar-refractivity contribution is 0.0698. The average molecular weight is 508 g/mol. The molecular weight excluding hydrogens is 481 g/mol. The molecular formula is C31H26FN3O3. The van der Waals surface area contributed by atoms with Crippen molar-refractivity contribution in [2.75, 3.05) is 12.4 Å². The largest absolute Gasteiger partial charge is 0.481 e. The van der Waals surface area contributed by atoms with Crippen LogP contribution >= 0.6 is 0 Å². The molecule has 6 nitrogen and oxygen atoms in total. The molecule has 5 aromatic rings. The SMILES string of the molecule is COc1cc(-c2nc3cc(C)cc(C(C)Nc4ccccc4C(=O)O)c3cc2-c2ccc(F)cc2)ccn1. The van der Waals surface area contributed by atoms with Crippen LogP contribution in [0.4, 0.5) is 10.1 Å². The normalized spacial score (nSPS) is 11.8. The summed E-state index contributed by atoms with van der Waals surface area (Å²) in [6.45, 7) is 4.00. The Hall–Kier alpha value is -4.78. The molecule has 0 fully saturated rings. The van der Waals surface area contributed by atoms with Crippen molar-refractivity contribution >= 4 is 22.6 Å². The van der Waals surface area contributed by atoms with E-state index in [0.29, 0.717) is 11.6 Å². The monoisotopic (exact) mass is 507 g/mol. The number of nitrogens with zero attached hydrogens (tertiary/aromatic N) is 2. The summed E-state index contributed by atoms with van der Waals surface area (Å²) >= 11 is 0. The van der Waals surface area contributed by atoms with E-state index in [1.807, 2.05) is 32.0 Å². The Morgan fingerprint density at radius 3 is 2.50 bits per heavy atom. The number of carboxylic acid groups (broad SMARTS) is 1. The summed E-state index contributed by atoms with van der Waals surface area (Å²) in [4.78, 5) is 21.1.